The number of benzene rings is 2. The van der Waals surface area contributed by atoms with E-state index in [0.29, 0.717) is 5.69 Å². The monoisotopic (exact) mass is 297 g/mol. The van der Waals surface area contributed by atoms with E-state index in [1.807, 2.05) is 13.0 Å². The van der Waals surface area contributed by atoms with Crippen LogP contribution in [0.2, 0.25) is 0 Å². The molecular weight excluding hydrogens is 276 g/mol. The van der Waals surface area contributed by atoms with Crippen LogP contribution in [0.25, 0.3) is 4.98 Å². The SMILES string of the molecule is CCCCc1ccccc1Sc1cc(C)c([N+]#N)cc1C. The summed E-state index contributed by atoms with van der Waals surface area (Å²) in [6, 6.07) is 12.7. The summed E-state index contributed by atoms with van der Waals surface area (Å²) in [5.41, 5.74) is 4.20. The van der Waals surface area contributed by atoms with Gasteiger partial charge in [-0.3, -0.25) is 0 Å². The molecule has 0 aromatic heterocycles. The minimum absolute atomic E-state index is 0.649. The van der Waals surface area contributed by atoms with Gasteiger partial charge in [0.1, 0.15) is 0 Å². The van der Waals surface area contributed by atoms with E-state index in [9.17, 15) is 0 Å². The average Bonchev–Trinajstić information content (AvgIpc) is 2.49. The first-order chi connectivity index (χ1) is 10.2. The zero-order chi connectivity index (χ0) is 15.2. The van der Waals surface area contributed by atoms with Crippen LogP contribution in [0.3, 0.4) is 0 Å². The molecule has 0 unspecified atom stereocenters. The zero-order valence-corrected chi connectivity index (χ0v) is 13.7. The highest BCUT2D eigenvalue weighted by Crippen LogP contribution is 2.36. The molecule has 21 heavy (non-hydrogen) atoms. The number of unbranched alkanes of at least 4 members (excludes halogenated alkanes) is 1. The second-order valence-electron chi connectivity index (χ2n) is 5.32. The second kappa shape index (κ2) is 7.28. The van der Waals surface area contributed by atoms with Crippen molar-refractivity contribution in [2.45, 2.75) is 49.8 Å². The van der Waals surface area contributed by atoms with E-state index in [2.05, 4.69) is 49.2 Å². The van der Waals surface area contributed by atoms with Gasteiger partial charge in [-0.05, 0) is 49.9 Å². The highest BCUT2D eigenvalue weighted by atomic mass is 32.2. The van der Waals surface area contributed by atoms with Gasteiger partial charge in [-0.15, -0.1) is 0 Å². The molecule has 0 spiro atoms. The van der Waals surface area contributed by atoms with Crippen molar-refractivity contribution in [2.75, 3.05) is 0 Å². The smallest absolute Gasteiger partial charge is 0.0895 e. The predicted octanol–water partition coefficient (Wildman–Crippen LogP) is 6.28. The number of hydrogen-bond acceptors (Lipinski definition) is 2. The molecule has 0 fully saturated rings. The first-order valence-electron chi connectivity index (χ1n) is 7.37. The maximum atomic E-state index is 8.98. The van der Waals surface area contributed by atoms with Gasteiger partial charge in [-0.25, -0.2) is 0 Å². The minimum Gasteiger partial charge on any atom is -0.0895 e. The van der Waals surface area contributed by atoms with Gasteiger partial charge in [0.25, 0.3) is 0 Å². The Labute approximate surface area is 131 Å². The summed E-state index contributed by atoms with van der Waals surface area (Å²) in [6.45, 7) is 6.26. The van der Waals surface area contributed by atoms with Crippen molar-refractivity contribution < 1.29 is 0 Å². The van der Waals surface area contributed by atoms with Crippen molar-refractivity contribution in [3.05, 3.63) is 58.1 Å². The van der Waals surface area contributed by atoms with Crippen LogP contribution in [-0.4, -0.2) is 0 Å². The zero-order valence-electron chi connectivity index (χ0n) is 12.9. The molecule has 0 heterocycles. The van der Waals surface area contributed by atoms with E-state index in [-0.39, 0.29) is 0 Å². The third kappa shape index (κ3) is 3.86. The third-order valence-corrected chi connectivity index (χ3v) is 4.87. The maximum Gasteiger partial charge on any atom is 0.388 e. The van der Waals surface area contributed by atoms with E-state index in [1.165, 1.54) is 28.2 Å². The van der Waals surface area contributed by atoms with Crippen molar-refractivity contribution in [1.82, 2.24) is 0 Å². The van der Waals surface area contributed by atoms with Gasteiger partial charge in [0, 0.05) is 21.4 Å². The molecular formula is C18H21N2S+. The molecule has 0 aliphatic carbocycles. The Bertz CT molecular complexity index is 671. The molecule has 0 saturated heterocycles. The molecule has 0 radical (unpaired) electrons. The van der Waals surface area contributed by atoms with Crippen molar-refractivity contribution in [2.24, 2.45) is 0 Å². The first kappa shape index (κ1) is 15.6. The van der Waals surface area contributed by atoms with Crippen LogP contribution in [0.15, 0.2) is 46.2 Å². The molecule has 108 valence electrons. The van der Waals surface area contributed by atoms with Crippen LogP contribution in [-0.2, 0) is 6.42 Å². The summed E-state index contributed by atoms with van der Waals surface area (Å²) < 4.78 is 0. The quantitative estimate of drug-likeness (QED) is 0.607. The Hall–Kier alpha value is -1.79. The van der Waals surface area contributed by atoms with Gasteiger partial charge in [-0.2, -0.15) is 0 Å². The average molecular weight is 297 g/mol. The summed E-state index contributed by atoms with van der Waals surface area (Å²) in [4.78, 5) is 5.88. The van der Waals surface area contributed by atoms with Crippen LogP contribution in [0.5, 0.6) is 0 Å². The van der Waals surface area contributed by atoms with E-state index < -0.39 is 0 Å². The van der Waals surface area contributed by atoms with E-state index >= 15 is 0 Å². The van der Waals surface area contributed by atoms with Crippen LogP contribution < -0.4 is 0 Å². The lowest BCUT2D eigenvalue weighted by Crippen LogP contribution is -1.89. The van der Waals surface area contributed by atoms with E-state index in [1.54, 1.807) is 11.8 Å². The summed E-state index contributed by atoms with van der Waals surface area (Å²) >= 11 is 1.80. The molecule has 0 saturated carbocycles. The number of diazo groups is 1. The van der Waals surface area contributed by atoms with E-state index in [0.717, 1.165) is 17.5 Å². The van der Waals surface area contributed by atoms with Crippen molar-refractivity contribution >= 4 is 17.4 Å². The fraction of sp³-hybridized carbons (Fsp3) is 0.333. The lowest BCUT2D eigenvalue weighted by atomic mass is 10.1. The molecule has 0 N–H and O–H groups in total. The molecule has 0 aliphatic rings. The van der Waals surface area contributed by atoms with Gasteiger partial charge in [0.15, 0.2) is 4.98 Å². The summed E-state index contributed by atoms with van der Waals surface area (Å²) in [6.07, 6.45) is 3.56. The molecule has 3 heteroatoms. The van der Waals surface area contributed by atoms with Gasteiger partial charge in [0.2, 0.25) is 5.39 Å². The fourth-order valence-electron chi connectivity index (χ4n) is 2.29. The topological polar surface area (TPSA) is 28.1 Å². The normalized spacial score (nSPS) is 10.4. The second-order valence-corrected chi connectivity index (χ2v) is 6.40. The van der Waals surface area contributed by atoms with Crippen molar-refractivity contribution in [3.63, 3.8) is 0 Å². The number of nitrogens with zero attached hydrogens (tertiary/aromatic N) is 2. The summed E-state index contributed by atoms with van der Waals surface area (Å²) in [5.74, 6) is 0. The van der Waals surface area contributed by atoms with Gasteiger partial charge >= 0.3 is 5.69 Å². The number of hydrogen-bond donors (Lipinski definition) is 0. The molecule has 0 atom stereocenters. The third-order valence-electron chi connectivity index (χ3n) is 3.59. The van der Waals surface area contributed by atoms with Crippen LogP contribution in [0.1, 0.15) is 36.5 Å². The van der Waals surface area contributed by atoms with Crippen LogP contribution in [0.4, 0.5) is 5.69 Å². The van der Waals surface area contributed by atoms with Crippen LogP contribution >= 0.6 is 11.8 Å². The Kier molecular flexibility index (Phi) is 5.41. The Morgan fingerprint density at radius 1 is 1.05 bits per heavy atom. The molecule has 0 amide bonds. The van der Waals surface area contributed by atoms with E-state index in [4.69, 9.17) is 5.39 Å². The molecule has 2 aromatic rings. The maximum absolute atomic E-state index is 8.98. The van der Waals surface area contributed by atoms with Crippen molar-refractivity contribution in [1.29, 1.82) is 5.39 Å². The fourth-order valence-corrected chi connectivity index (χ4v) is 3.43. The largest absolute Gasteiger partial charge is 0.388 e. The Balaban J connectivity index is 2.30. The summed E-state index contributed by atoms with van der Waals surface area (Å²) in [5, 5.41) is 8.98. The first-order valence-corrected chi connectivity index (χ1v) is 8.19. The highest BCUT2D eigenvalue weighted by Gasteiger charge is 2.14. The summed E-state index contributed by atoms with van der Waals surface area (Å²) in [7, 11) is 0. The van der Waals surface area contributed by atoms with Gasteiger partial charge in [-0.1, -0.05) is 43.3 Å². The number of aryl methyl sites for hydroxylation is 3. The molecule has 2 aromatic carbocycles. The molecule has 2 nitrogen and oxygen atoms in total. The molecule has 2 rings (SSSR count). The lowest BCUT2D eigenvalue weighted by Gasteiger charge is -2.10. The lowest BCUT2D eigenvalue weighted by molar-refractivity contribution is 0.785. The van der Waals surface area contributed by atoms with Gasteiger partial charge < -0.3 is 0 Å². The molecule has 0 aliphatic heterocycles. The Morgan fingerprint density at radius 2 is 1.81 bits per heavy atom. The highest BCUT2D eigenvalue weighted by molar-refractivity contribution is 7.99. The predicted molar refractivity (Wildman–Crippen MR) is 89.8 cm³/mol. The molecule has 0 bridgehead atoms. The standard InChI is InChI=1S/C18H21N2S/c1-4-5-8-15-9-6-7-10-17(15)21-18-12-13(2)16(20-19)11-14(18)3/h6-7,9-12H,4-5,8H2,1-3H3/q+1. The minimum atomic E-state index is 0.649. The number of rotatable bonds is 5. The van der Waals surface area contributed by atoms with Gasteiger partial charge in [0.05, 0.1) is 0 Å². The Morgan fingerprint density at radius 3 is 2.52 bits per heavy atom. The van der Waals surface area contributed by atoms with Crippen molar-refractivity contribution in [3.8, 4) is 0 Å². The van der Waals surface area contributed by atoms with Crippen LogP contribution in [0, 0.1) is 19.2 Å².